The highest BCUT2D eigenvalue weighted by molar-refractivity contribution is 6.36. The van der Waals surface area contributed by atoms with Gasteiger partial charge in [-0.05, 0) is 88.3 Å². The Morgan fingerprint density at radius 1 is 1.00 bits per heavy atom. The van der Waals surface area contributed by atoms with E-state index in [0.717, 1.165) is 76.6 Å². The number of methoxy groups -OCH3 is 1. The Morgan fingerprint density at radius 2 is 1.75 bits per heavy atom. The first-order chi connectivity index (χ1) is 29.0. The van der Waals surface area contributed by atoms with Crippen LogP contribution in [0.4, 0.5) is 4.79 Å². The Bertz CT molecular complexity index is 1960. The molecule has 3 amide bonds. The molecule has 8 rings (SSSR count). The van der Waals surface area contributed by atoms with Crippen molar-refractivity contribution in [3.8, 4) is 11.5 Å². The molecule has 1 aromatic heterocycles. The van der Waals surface area contributed by atoms with Crippen LogP contribution in [0.1, 0.15) is 96.6 Å². The van der Waals surface area contributed by atoms with E-state index in [2.05, 4.69) is 15.5 Å². The summed E-state index contributed by atoms with van der Waals surface area (Å²) in [6.45, 7) is 8.34. The third kappa shape index (κ3) is 9.65. The number of esters is 1. The number of ether oxygens (including phenoxy) is 5. The predicted octanol–water partition coefficient (Wildman–Crippen LogP) is 6.06. The van der Waals surface area contributed by atoms with Gasteiger partial charge < -0.3 is 39.2 Å². The standard InChI is InChI=1S/C45H60ClN5O9/c1-27(2)19-31-23-38(34-11-12-37(39(46)40(34)47-31)58-18-15-50-13-16-57-17-14-50)59-33-24-36-41(52)49-45(43(54)56-3)25-30(45)9-7-5-4-6-8-10-35(42(53)51(36)26-33)48-44(55)60-32-21-28-20-29(28)22-32/h11-12,19,23,28-30,32-33,35-36H,4-10,13-18,20-22,24-26H2,1-3H3,(H,48,55)(H,49,52)/t28-,29+,30-,32?,33-,35+,36+,45-/m1/s1. The highest BCUT2D eigenvalue weighted by Crippen LogP contribution is 2.52. The van der Waals surface area contributed by atoms with E-state index in [4.69, 9.17) is 40.3 Å². The number of hydrogen-bond donors (Lipinski definition) is 2. The smallest absolute Gasteiger partial charge is 0.408 e. The summed E-state index contributed by atoms with van der Waals surface area (Å²) in [5, 5.41) is 6.98. The van der Waals surface area contributed by atoms with Crippen LogP contribution in [-0.2, 0) is 28.6 Å². The molecule has 0 bridgehead atoms. The quantitative estimate of drug-likeness (QED) is 0.268. The zero-order chi connectivity index (χ0) is 42.0. The van der Waals surface area contributed by atoms with Crippen LogP contribution >= 0.6 is 11.6 Å². The molecule has 4 heterocycles. The summed E-state index contributed by atoms with van der Waals surface area (Å²) in [4.78, 5) is 64.5. The molecule has 326 valence electrons. The second kappa shape index (κ2) is 18.5. The number of benzene rings is 1. The lowest BCUT2D eigenvalue weighted by Crippen LogP contribution is -2.56. The molecular weight excluding hydrogens is 790 g/mol. The fourth-order valence-electron chi connectivity index (χ4n) is 9.90. The molecule has 1 unspecified atom stereocenters. The van der Waals surface area contributed by atoms with E-state index in [9.17, 15) is 19.2 Å². The maximum Gasteiger partial charge on any atom is 0.408 e. The number of hydrogen-bond acceptors (Lipinski definition) is 11. The normalized spacial score (nSPS) is 30.7. The number of amides is 3. The fourth-order valence-corrected chi connectivity index (χ4v) is 10.2. The van der Waals surface area contributed by atoms with E-state index >= 15 is 0 Å². The van der Waals surface area contributed by atoms with Crippen LogP contribution in [0.2, 0.25) is 5.02 Å². The number of nitrogens with one attached hydrogen (secondary N) is 2. The van der Waals surface area contributed by atoms with E-state index in [0.29, 0.717) is 77.6 Å². The van der Waals surface area contributed by atoms with Crippen molar-refractivity contribution in [2.75, 3.05) is 53.1 Å². The van der Waals surface area contributed by atoms with E-state index in [1.165, 1.54) is 18.4 Å². The molecule has 60 heavy (non-hydrogen) atoms. The van der Waals surface area contributed by atoms with E-state index in [-0.39, 0.29) is 30.9 Å². The molecule has 2 N–H and O–H groups in total. The van der Waals surface area contributed by atoms with Crippen LogP contribution in [0.3, 0.4) is 0 Å². The Morgan fingerprint density at radius 3 is 2.50 bits per heavy atom. The monoisotopic (exact) mass is 849 g/mol. The van der Waals surface area contributed by atoms with Crippen LogP contribution in [0.15, 0.2) is 23.8 Å². The number of carbonyl (C=O) groups excluding carboxylic acids is 4. The first kappa shape index (κ1) is 42.5. The minimum absolute atomic E-state index is 0.0443. The van der Waals surface area contributed by atoms with Crippen LogP contribution in [0.5, 0.6) is 11.5 Å². The number of nitrogens with zero attached hydrogens (tertiary/aromatic N) is 3. The molecule has 15 heteroatoms. The van der Waals surface area contributed by atoms with Gasteiger partial charge in [0.25, 0.3) is 0 Å². The lowest BCUT2D eigenvalue weighted by molar-refractivity contribution is -0.148. The minimum atomic E-state index is -1.14. The van der Waals surface area contributed by atoms with Gasteiger partial charge in [-0.25, -0.2) is 14.6 Å². The van der Waals surface area contributed by atoms with Gasteiger partial charge in [0.1, 0.15) is 53.0 Å². The first-order valence-corrected chi connectivity index (χ1v) is 22.4. The SMILES string of the molecule is COC(=O)[C@@]12C[C@H]1CCCCCCC[C@H](NC(=O)OC1C[C@@H]3C[C@@H]3C1)C(=O)N1C[C@H](Oc3cc(C=C(C)C)nc4c(Cl)c(OCCN5CCOCC5)ccc34)C[C@H]1C(=O)N2. The molecule has 3 saturated heterocycles. The number of pyridine rings is 1. The fraction of sp³-hybridized carbons (Fsp3) is 0.667. The molecule has 8 atom stereocenters. The van der Waals surface area contributed by atoms with Gasteiger partial charge in [-0.1, -0.05) is 49.3 Å². The molecule has 14 nitrogen and oxygen atoms in total. The first-order valence-electron chi connectivity index (χ1n) is 22.1. The number of halogens is 1. The van der Waals surface area contributed by atoms with Crippen LogP contribution in [0, 0.1) is 17.8 Å². The molecule has 1 aromatic carbocycles. The maximum atomic E-state index is 14.7. The molecular formula is C45H60ClN5O9. The van der Waals surface area contributed by atoms with Gasteiger partial charge >= 0.3 is 12.1 Å². The van der Waals surface area contributed by atoms with E-state index in [1.807, 2.05) is 38.1 Å². The Hall–Kier alpha value is -4.14. The number of morpholine rings is 1. The van der Waals surface area contributed by atoms with E-state index < -0.39 is 41.7 Å². The van der Waals surface area contributed by atoms with Crippen LogP contribution in [0.25, 0.3) is 17.0 Å². The molecule has 0 radical (unpaired) electrons. The van der Waals surface area contributed by atoms with Crippen LogP contribution < -0.4 is 20.1 Å². The summed E-state index contributed by atoms with van der Waals surface area (Å²) in [5.74, 6) is 0.930. The van der Waals surface area contributed by atoms with E-state index in [1.54, 1.807) is 0 Å². The second-order valence-electron chi connectivity index (χ2n) is 18.0. The average molecular weight is 850 g/mol. The Balaban J connectivity index is 1.06. The Kier molecular flexibility index (Phi) is 13.1. The largest absolute Gasteiger partial charge is 0.491 e. The summed E-state index contributed by atoms with van der Waals surface area (Å²) < 4.78 is 29.5. The molecule has 6 aliphatic rings. The zero-order valence-corrected chi connectivity index (χ0v) is 35.9. The number of alkyl carbamates (subject to hydrolysis) is 1. The number of allylic oxidation sites excluding steroid dienone is 1. The molecule has 2 aromatic rings. The third-order valence-corrected chi connectivity index (χ3v) is 13.7. The van der Waals surface area contributed by atoms with Crippen molar-refractivity contribution in [3.63, 3.8) is 0 Å². The lowest BCUT2D eigenvalue weighted by atomic mass is 10.0. The van der Waals surface area contributed by atoms with Gasteiger partial charge in [-0.15, -0.1) is 0 Å². The summed E-state index contributed by atoms with van der Waals surface area (Å²) in [6, 6.07) is 3.66. The summed E-state index contributed by atoms with van der Waals surface area (Å²) in [6.07, 6.45) is 9.79. The highest BCUT2D eigenvalue weighted by atomic mass is 35.5. The van der Waals surface area contributed by atoms with Gasteiger partial charge in [0.15, 0.2) is 0 Å². The number of fused-ring (bicyclic) bond motifs is 4. The van der Waals surface area contributed by atoms with Crippen molar-refractivity contribution in [2.24, 2.45) is 17.8 Å². The summed E-state index contributed by atoms with van der Waals surface area (Å²) in [5.41, 5.74) is 1.03. The van der Waals surface area contributed by atoms with Crippen molar-refractivity contribution in [3.05, 3.63) is 34.5 Å². The number of carbonyl (C=O) groups is 4. The summed E-state index contributed by atoms with van der Waals surface area (Å²) >= 11 is 7.03. The topological polar surface area (TPSA) is 158 Å². The molecule has 3 saturated carbocycles. The van der Waals surface area contributed by atoms with Gasteiger partial charge in [0.2, 0.25) is 11.8 Å². The summed E-state index contributed by atoms with van der Waals surface area (Å²) in [7, 11) is 1.34. The second-order valence-corrected chi connectivity index (χ2v) is 18.4. The molecule has 6 fully saturated rings. The van der Waals surface area contributed by atoms with Crippen molar-refractivity contribution >= 4 is 52.5 Å². The van der Waals surface area contributed by atoms with Gasteiger partial charge in [0, 0.05) is 37.5 Å². The average Bonchev–Trinajstić information content (AvgIpc) is 4.02. The van der Waals surface area contributed by atoms with Crippen molar-refractivity contribution in [1.82, 2.24) is 25.4 Å². The molecule has 0 spiro atoms. The van der Waals surface area contributed by atoms with Gasteiger partial charge in [-0.3, -0.25) is 14.5 Å². The van der Waals surface area contributed by atoms with Gasteiger partial charge in [0.05, 0.1) is 38.1 Å². The number of aromatic nitrogens is 1. The zero-order valence-electron chi connectivity index (χ0n) is 35.2. The van der Waals surface area contributed by atoms with Crippen molar-refractivity contribution < 1.29 is 42.9 Å². The van der Waals surface area contributed by atoms with Crippen molar-refractivity contribution in [2.45, 2.75) is 121 Å². The van der Waals surface area contributed by atoms with Gasteiger partial charge in [-0.2, -0.15) is 0 Å². The maximum absolute atomic E-state index is 14.7. The molecule has 3 aliphatic heterocycles. The number of rotatable bonds is 10. The third-order valence-electron chi connectivity index (χ3n) is 13.3. The lowest BCUT2D eigenvalue weighted by Gasteiger charge is -2.29. The van der Waals surface area contributed by atoms with Crippen molar-refractivity contribution in [1.29, 1.82) is 0 Å². The predicted molar refractivity (Wildman–Crippen MR) is 225 cm³/mol. The minimum Gasteiger partial charge on any atom is -0.491 e. The Labute approximate surface area is 357 Å². The van der Waals surface area contributed by atoms with Crippen LogP contribution in [-0.4, -0.2) is 122 Å². The highest BCUT2D eigenvalue weighted by Gasteiger charge is 2.62. The molecule has 3 aliphatic carbocycles.